The largest absolute Gasteiger partial charge is 0.495 e. The number of ether oxygens (including phenoxy) is 1. The van der Waals surface area contributed by atoms with Crippen LogP contribution in [0.5, 0.6) is 0 Å². The molecule has 3 aliphatic rings. The quantitative estimate of drug-likeness (QED) is 0.603. The molecule has 0 saturated heterocycles. The van der Waals surface area contributed by atoms with Gasteiger partial charge in [0.1, 0.15) is 0 Å². The lowest BCUT2D eigenvalue weighted by Gasteiger charge is -2.33. The minimum atomic E-state index is 0.461. The molecule has 0 aromatic carbocycles. The van der Waals surface area contributed by atoms with Gasteiger partial charge in [0.25, 0.3) is 0 Å². The summed E-state index contributed by atoms with van der Waals surface area (Å²) in [5.41, 5.74) is 0. The van der Waals surface area contributed by atoms with Gasteiger partial charge in [0, 0.05) is 18.5 Å². The van der Waals surface area contributed by atoms with Gasteiger partial charge in [0.2, 0.25) is 0 Å². The van der Waals surface area contributed by atoms with Gasteiger partial charge in [-0.05, 0) is 44.6 Å². The van der Waals surface area contributed by atoms with E-state index >= 15 is 0 Å². The summed E-state index contributed by atoms with van der Waals surface area (Å²) >= 11 is 0. The van der Waals surface area contributed by atoms with E-state index in [4.69, 9.17) is 4.74 Å². The van der Waals surface area contributed by atoms with Crippen molar-refractivity contribution in [2.75, 3.05) is 0 Å². The summed E-state index contributed by atoms with van der Waals surface area (Å²) in [5, 5.41) is 4.01. The second-order valence-corrected chi connectivity index (χ2v) is 8.08. The fourth-order valence-corrected chi connectivity index (χ4v) is 4.61. The van der Waals surface area contributed by atoms with Gasteiger partial charge in [-0.3, -0.25) is 0 Å². The maximum Gasteiger partial charge on any atom is 0.0997 e. The molecule has 1 fully saturated rings. The highest BCUT2D eigenvalue weighted by Crippen LogP contribution is 2.27. The Labute approximate surface area is 143 Å². The van der Waals surface area contributed by atoms with E-state index in [0.29, 0.717) is 18.2 Å². The summed E-state index contributed by atoms with van der Waals surface area (Å²) in [6.07, 6.45) is 24.6. The van der Waals surface area contributed by atoms with E-state index in [1.54, 1.807) is 0 Å². The summed E-state index contributed by atoms with van der Waals surface area (Å²) in [5.74, 6) is 1.31. The molecule has 132 valence electrons. The zero-order valence-corrected chi connectivity index (χ0v) is 15.0. The molecule has 1 N–H and O–H groups in total. The molecule has 0 aromatic rings. The second-order valence-electron chi connectivity index (χ2n) is 8.08. The van der Waals surface area contributed by atoms with Gasteiger partial charge in [-0.15, -0.1) is 0 Å². The first-order valence-electron chi connectivity index (χ1n) is 10.5. The van der Waals surface area contributed by atoms with Crippen molar-refractivity contribution in [1.29, 1.82) is 0 Å². The molecule has 1 aliphatic heterocycles. The van der Waals surface area contributed by atoms with E-state index in [1.807, 2.05) is 0 Å². The van der Waals surface area contributed by atoms with Gasteiger partial charge in [0.05, 0.1) is 11.9 Å². The highest BCUT2D eigenvalue weighted by Gasteiger charge is 2.24. The Balaban J connectivity index is 1.71. The minimum Gasteiger partial charge on any atom is -0.495 e. The molecule has 3 unspecified atom stereocenters. The molecule has 0 aromatic heterocycles. The minimum absolute atomic E-state index is 0.461. The van der Waals surface area contributed by atoms with Crippen LogP contribution in [0.25, 0.3) is 0 Å². The highest BCUT2D eigenvalue weighted by molar-refractivity contribution is 5.04. The van der Waals surface area contributed by atoms with Crippen molar-refractivity contribution in [2.24, 2.45) is 0 Å². The Morgan fingerprint density at radius 2 is 1.39 bits per heavy atom. The molecule has 0 radical (unpaired) electrons. The van der Waals surface area contributed by atoms with E-state index in [0.717, 1.165) is 0 Å². The normalized spacial score (nSPS) is 37.0. The van der Waals surface area contributed by atoms with Gasteiger partial charge in [-0.2, -0.15) is 0 Å². The number of rotatable bonds is 0. The van der Waals surface area contributed by atoms with Gasteiger partial charge in [0.15, 0.2) is 0 Å². The Kier molecular flexibility index (Phi) is 7.32. The van der Waals surface area contributed by atoms with Crippen molar-refractivity contribution in [3.8, 4) is 0 Å². The molecule has 2 aliphatic carbocycles. The molecule has 0 amide bonds. The Bertz CT molecular complexity index is 365. The van der Waals surface area contributed by atoms with Gasteiger partial charge >= 0.3 is 0 Å². The van der Waals surface area contributed by atoms with Crippen LogP contribution in [-0.4, -0.2) is 18.2 Å². The van der Waals surface area contributed by atoms with E-state index in [2.05, 4.69) is 11.4 Å². The molecule has 2 nitrogen and oxygen atoms in total. The fraction of sp³-hybridized carbons (Fsp3) is 0.905. The number of nitrogens with one attached hydrogen (secondary N) is 1. The summed E-state index contributed by atoms with van der Waals surface area (Å²) in [7, 11) is 0. The zero-order valence-electron chi connectivity index (χ0n) is 15.0. The standard InChI is InChI=1S/C21H37NO/c1-2-6-10-14-20-16-18(12-8-4-1)22-19-13-9-5-3-7-11-15-21(17-19)23-20/h16,18-19,21-22H,1-15,17H2/b20-16+. The third-order valence-electron chi connectivity index (χ3n) is 5.97. The monoisotopic (exact) mass is 319 g/mol. The van der Waals surface area contributed by atoms with Crippen LogP contribution in [0.2, 0.25) is 0 Å². The molecule has 4 bridgehead atoms. The molecule has 2 heteroatoms. The van der Waals surface area contributed by atoms with Crippen LogP contribution in [0.3, 0.4) is 0 Å². The van der Waals surface area contributed by atoms with E-state index < -0.39 is 0 Å². The molecule has 23 heavy (non-hydrogen) atoms. The van der Waals surface area contributed by atoms with Crippen molar-refractivity contribution < 1.29 is 4.74 Å². The zero-order chi connectivity index (χ0) is 15.7. The number of hydrogen-bond acceptors (Lipinski definition) is 2. The van der Waals surface area contributed by atoms with Crippen molar-refractivity contribution in [3.05, 3.63) is 11.8 Å². The van der Waals surface area contributed by atoms with Crippen LogP contribution >= 0.6 is 0 Å². The van der Waals surface area contributed by atoms with Crippen molar-refractivity contribution in [2.45, 2.75) is 121 Å². The van der Waals surface area contributed by atoms with Crippen LogP contribution in [-0.2, 0) is 4.74 Å². The predicted molar refractivity (Wildman–Crippen MR) is 97.5 cm³/mol. The summed E-state index contributed by atoms with van der Waals surface area (Å²) in [4.78, 5) is 0. The lowest BCUT2D eigenvalue weighted by Crippen LogP contribution is -2.42. The molecule has 3 atom stereocenters. The lowest BCUT2D eigenvalue weighted by atomic mass is 9.93. The molecular formula is C21H37NO. The summed E-state index contributed by atoms with van der Waals surface area (Å²) < 4.78 is 6.56. The first-order chi connectivity index (χ1) is 11.4. The third-order valence-corrected chi connectivity index (χ3v) is 5.97. The molecular weight excluding hydrogens is 282 g/mol. The van der Waals surface area contributed by atoms with Gasteiger partial charge < -0.3 is 10.1 Å². The Morgan fingerprint density at radius 1 is 0.739 bits per heavy atom. The van der Waals surface area contributed by atoms with Gasteiger partial charge in [-0.1, -0.05) is 57.8 Å². The third kappa shape index (κ3) is 6.14. The van der Waals surface area contributed by atoms with Gasteiger partial charge in [-0.25, -0.2) is 0 Å². The van der Waals surface area contributed by atoms with Crippen LogP contribution in [0.4, 0.5) is 0 Å². The van der Waals surface area contributed by atoms with Crippen molar-refractivity contribution in [3.63, 3.8) is 0 Å². The maximum absolute atomic E-state index is 6.56. The average molecular weight is 320 g/mol. The molecule has 0 spiro atoms. The molecule has 1 heterocycles. The van der Waals surface area contributed by atoms with E-state index in [-0.39, 0.29) is 0 Å². The first-order valence-corrected chi connectivity index (χ1v) is 10.5. The smallest absolute Gasteiger partial charge is 0.0997 e. The number of hydrogen-bond donors (Lipinski definition) is 1. The van der Waals surface area contributed by atoms with Crippen LogP contribution < -0.4 is 5.32 Å². The predicted octanol–water partition coefficient (Wildman–Crippen LogP) is 5.86. The lowest BCUT2D eigenvalue weighted by molar-refractivity contribution is 0.0703. The first kappa shape index (κ1) is 17.3. The maximum atomic E-state index is 6.56. The average Bonchev–Trinajstić information content (AvgIpc) is 2.58. The Hall–Kier alpha value is -0.500. The topological polar surface area (TPSA) is 21.3 Å². The summed E-state index contributed by atoms with van der Waals surface area (Å²) in [6, 6.07) is 1.23. The fourth-order valence-electron chi connectivity index (χ4n) is 4.61. The van der Waals surface area contributed by atoms with Crippen LogP contribution in [0.15, 0.2) is 11.8 Å². The van der Waals surface area contributed by atoms with E-state index in [9.17, 15) is 0 Å². The Morgan fingerprint density at radius 3 is 2.22 bits per heavy atom. The SMILES string of the molecule is C1=C2\CCCCCCCCC/1NC1CCCCCCCC(C1)O2. The van der Waals surface area contributed by atoms with Crippen molar-refractivity contribution >= 4 is 0 Å². The van der Waals surface area contributed by atoms with Crippen LogP contribution in [0.1, 0.15) is 103 Å². The number of allylic oxidation sites excluding steroid dienone is 1. The second kappa shape index (κ2) is 9.71. The molecule has 1 saturated carbocycles. The highest BCUT2D eigenvalue weighted by atomic mass is 16.5. The molecule has 3 rings (SSSR count). The van der Waals surface area contributed by atoms with E-state index in [1.165, 1.54) is 108 Å². The van der Waals surface area contributed by atoms with Crippen molar-refractivity contribution in [1.82, 2.24) is 5.32 Å². The summed E-state index contributed by atoms with van der Waals surface area (Å²) in [6.45, 7) is 0. The number of fused-ring (bicyclic) bond motifs is 3. The van der Waals surface area contributed by atoms with Crippen LogP contribution in [0, 0.1) is 0 Å².